The van der Waals surface area contributed by atoms with E-state index < -0.39 is 32.8 Å². The highest BCUT2D eigenvalue weighted by atomic mass is 15.1. The van der Waals surface area contributed by atoms with Gasteiger partial charge in [-0.25, -0.2) is 9.97 Å². The zero-order valence-corrected chi connectivity index (χ0v) is 59.5. The summed E-state index contributed by atoms with van der Waals surface area (Å²) in [6.07, 6.45) is -2.84. The lowest BCUT2D eigenvalue weighted by Gasteiger charge is -2.23. The van der Waals surface area contributed by atoms with Gasteiger partial charge in [-0.3, -0.25) is 24.1 Å². The van der Waals surface area contributed by atoms with Crippen LogP contribution in [-0.4, -0.2) is 34.1 Å². The molecule has 0 aliphatic heterocycles. The van der Waals surface area contributed by atoms with Crippen molar-refractivity contribution in [3.05, 3.63) is 281 Å². The maximum Gasteiger partial charge on any atom is 0.137 e. The highest BCUT2D eigenvalue weighted by Gasteiger charge is 2.25. The molecule has 0 saturated carbocycles. The number of benzene rings is 6. The molecule has 494 valence electrons. The lowest BCUT2D eigenvalue weighted by Crippen LogP contribution is -2.16. The Kier molecular flexibility index (Phi) is 17.3. The quantitative estimate of drug-likeness (QED) is 0.159. The van der Waals surface area contributed by atoms with Crippen LogP contribution in [0, 0.1) is 13.7 Å². The van der Waals surface area contributed by atoms with Crippen LogP contribution in [0.15, 0.2) is 225 Å². The molecule has 0 radical (unpaired) electrons. The van der Waals surface area contributed by atoms with Gasteiger partial charge in [0.05, 0.1) is 39.1 Å². The molecular formula is C89H103N7. The summed E-state index contributed by atoms with van der Waals surface area (Å²) in [5, 5.41) is 4.84. The van der Waals surface area contributed by atoms with Crippen molar-refractivity contribution < 1.29 is 16.4 Å². The molecular weight excluding hydrogens is 1170 g/mol. The minimum absolute atomic E-state index is 0.0591. The molecule has 0 unspecified atom stereocenters. The van der Waals surface area contributed by atoms with E-state index in [2.05, 4.69) is 202 Å². The van der Waals surface area contributed by atoms with E-state index in [0.717, 1.165) is 67.1 Å². The zero-order chi connectivity index (χ0) is 79.7. The van der Waals surface area contributed by atoms with Crippen LogP contribution in [-0.2, 0) is 46.2 Å². The lowest BCUT2D eigenvalue weighted by atomic mass is 9.85. The average molecular weight is 1280 g/mol. The van der Waals surface area contributed by atoms with Gasteiger partial charge in [-0.15, -0.1) is 0 Å². The Morgan fingerprint density at radius 2 is 0.729 bits per heavy atom. The molecule has 0 spiro atoms. The second-order valence-electron chi connectivity index (χ2n) is 29.2. The first-order valence-corrected chi connectivity index (χ1v) is 33.1. The van der Waals surface area contributed by atoms with Crippen molar-refractivity contribution in [3.63, 3.8) is 0 Å². The van der Waals surface area contributed by atoms with Crippen molar-refractivity contribution in [1.29, 1.82) is 0 Å². The first-order valence-electron chi connectivity index (χ1n) is 39.1. The van der Waals surface area contributed by atoms with Crippen LogP contribution in [0.25, 0.3) is 77.6 Å². The van der Waals surface area contributed by atoms with E-state index in [1.807, 2.05) is 126 Å². The van der Waals surface area contributed by atoms with Gasteiger partial charge in [0.1, 0.15) is 11.6 Å². The van der Waals surface area contributed by atoms with Crippen molar-refractivity contribution in [1.82, 2.24) is 34.1 Å². The third-order valence-electron chi connectivity index (χ3n) is 16.7. The number of rotatable bonds is 7. The van der Waals surface area contributed by atoms with Crippen LogP contribution >= 0.6 is 0 Å². The molecule has 7 heteroatoms. The van der Waals surface area contributed by atoms with Crippen molar-refractivity contribution in [3.8, 4) is 34.0 Å². The summed E-state index contributed by atoms with van der Waals surface area (Å²) >= 11 is 0. The van der Waals surface area contributed by atoms with E-state index in [-0.39, 0.29) is 38.5 Å². The van der Waals surface area contributed by atoms with Gasteiger partial charge >= 0.3 is 0 Å². The van der Waals surface area contributed by atoms with E-state index in [0.29, 0.717) is 22.6 Å². The summed E-state index contributed by atoms with van der Waals surface area (Å²) in [5.74, 6) is 1.71. The van der Waals surface area contributed by atoms with Crippen LogP contribution in [0.4, 0.5) is 0 Å². The van der Waals surface area contributed by atoms with Crippen molar-refractivity contribution >= 4 is 43.6 Å². The van der Waals surface area contributed by atoms with Gasteiger partial charge in [-0.2, -0.15) is 0 Å². The van der Waals surface area contributed by atoms with Crippen LogP contribution < -0.4 is 0 Å². The number of pyridine rings is 5. The lowest BCUT2D eigenvalue weighted by molar-refractivity contribution is 0.563. The predicted molar refractivity (Wildman–Crippen MR) is 412 cm³/mol. The Bertz CT molecular complexity index is 5130. The average Bonchev–Trinajstić information content (AvgIpc) is 1.59. The molecule has 0 aliphatic carbocycles. The SMILES string of the molecule is CC(C)(C)c1nc(-n2c3ccccc3c3ccccc32)ccc1-c1ccccc1.[2H]C([2H])(C)c1nc(-c2ccccc2)ccc1C(C)(C)C.[2H]C([2H])(C)c1ncccc1C(C)(C)C.[2H]C([2H])([2H])c1ccc(-n2c3ccccc3c3ccccc32)nc1C(C)(C)C.[2H]C([2H])([2H])c1ccc(C(C)(C)C)c(C([2H])([2H])C)n1. The number of hydrogen-bond donors (Lipinski definition) is 0. The van der Waals surface area contributed by atoms with Gasteiger partial charge < -0.3 is 0 Å². The summed E-state index contributed by atoms with van der Waals surface area (Å²) in [6.45, 7) is 31.0. The van der Waals surface area contributed by atoms with Crippen LogP contribution in [0.5, 0.6) is 0 Å². The van der Waals surface area contributed by atoms with Gasteiger partial charge in [-0.1, -0.05) is 282 Å². The smallest absolute Gasteiger partial charge is 0.137 e. The molecule has 0 saturated heterocycles. The monoisotopic (exact) mass is 1280 g/mol. The van der Waals surface area contributed by atoms with Crippen molar-refractivity contribution in [2.45, 2.75) is 185 Å². The molecule has 13 rings (SSSR count). The van der Waals surface area contributed by atoms with E-state index in [1.54, 1.807) is 32.2 Å². The van der Waals surface area contributed by atoms with Crippen LogP contribution in [0.2, 0.25) is 0 Å². The van der Waals surface area contributed by atoms with Gasteiger partial charge in [0.15, 0.2) is 0 Å². The van der Waals surface area contributed by atoms with Gasteiger partial charge in [0, 0.05) is 88.9 Å². The first-order chi connectivity index (χ1) is 50.0. The maximum absolute atomic E-state index is 8.06. The first kappa shape index (κ1) is 55.9. The van der Waals surface area contributed by atoms with E-state index in [4.69, 9.17) is 26.4 Å². The molecule has 7 heterocycles. The molecule has 0 fully saturated rings. The second-order valence-corrected chi connectivity index (χ2v) is 29.2. The Labute approximate surface area is 591 Å². The highest BCUT2D eigenvalue weighted by molar-refractivity contribution is 6.10. The summed E-state index contributed by atoms with van der Waals surface area (Å²) in [4.78, 5) is 22.9. The number of aryl methyl sites for hydroxylation is 5. The molecule has 6 aromatic carbocycles. The fraction of sp³-hybridized carbons (Fsp3) is 0.315. The van der Waals surface area contributed by atoms with E-state index in [9.17, 15) is 0 Å². The summed E-state index contributed by atoms with van der Waals surface area (Å²) in [6, 6.07) is 72.8. The zero-order valence-electron chi connectivity index (χ0n) is 71.5. The number of fused-ring (bicyclic) bond motifs is 6. The third-order valence-corrected chi connectivity index (χ3v) is 16.7. The standard InChI is InChI=1S/C27H24N2.C22H22N2.C17H21N.C12H19N.C11H17N/c1-27(2,3)26-20(19-11-5-4-6-12-19)17-18-25(28-26)29-23-15-9-7-13-21(23)22-14-8-10-16-24(22)29;1-15-13-14-20(23-21(15)22(2,3)4)24-18-11-7-5-9-16(18)17-10-6-8-12-19(17)24;1-5-15-14(17(2,3)4)11-12-16(18-15)13-9-7-6-8-10-13;1-6-11-10(12(3,4)5)8-7-9(2)13-11;1-5-10-9(11(2,3)4)7-6-8-12-10/h4-18H,1-3H3;5-14H,1-4H3;6-12H,5H2,1-4H3;7-8H,6H2,1-5H3;6-8H,5H2,1-4H3/i;1D3;5D2;2D3,6D2;5D2. The van der Waals surface area contributed by atoms with Crippen molar-refractivity contribution in [2.75, 3.05) is 0 Å². The van der Waals surface area contributed by atoms with E-state index in [1.165, 1.54) is 45.9 Å². The highest BCUT2D eigenvalue weighted by Crippen LogP contribution is 2.38. The van der Waals surface area contributed by atoms with E-state index >= 15 is 0 Å². The van der Waals surface area contributed by atoms with Gasteiger partial charge in [-0.05, 0) is 138 Å². The predicted octanol–water partition coefficient (Wildman–Crippen LogP) is 23.7. The summed E-state index contributed by atoms with van der Waals surface area (Å²) < 4.78 is 97.3. The number of hydrogen-bond acceptors (Lipinski definition) is 5. The van der Waals surface area contributed by atoms with Gasteiger partial charge in [0.2, 0.25) is 0 Å². The molecule has 0 bridgehead atoms. The molecule has 0 N–H and O–H groups in total. The van der Waals surface area contributed by atoms with Crippen molar-refractivity contribution in [2.24, 2.45) is 0 Å². The fourth-order valence-electron chi connectivity index (χ4n) is 12.0. The molecule has 0 atom stereocenters. The second kappa shape index (κ2) is 29.8. The Balaban J connectivity index is 0.000000160. The topological polar surface area (TPSA) is 74.3 Å². The van der Waals surface area contributed by atoms with Crippen LogP contribution in [0.1, 0.15) is 197 Å². The normalized spacial score (nSPS) is 14.4. The number of nitrogens with zero attached hydrogens (tertiary/aromatic N) is 7. The Morgan fingerprint density at radius 1 is 0.333 bits per heavy atom. The Hall–Kier alpha value is -9.33. The fourth-order valence-corrected chi connectivity index (χ4v) is 12.0. The molecule has 7 nitrogen and oxygen atoms in total. The number of aromatic nitrogens is 7. The molecule has 13 aromatic rings. The molecule has 7 aromatic heterocycles. The summed E-state index contributed by atoms with van der Waals surface area (Å²) in [5.41, 5.74) is 13.8. The molecule has 96 heavy (non-hydrogen) atoms. The molecule has 0 aliphatic rings. The van der Waals surface area contributed by atoms with Crippen LogP contribution in [0.3, 0.4) is 0 Å². The third kappa shape index (κ3) is 16.5. The number of para-hydroxylation sites is 4. The van der Waals surface area contributed by atoms with Gasteiger partial charge in [0.25, 0.3) is 0 Å². The summed E-state index contributed by atoms with van der Waals surface area (Å²) in [7, 11) is 0. The minimum Gasteiger partial charge on any atom is -0.294 e. The largest absolute Gasteiger partial charge is 0.294 e. The molecule has 0 amide bonds. The minimum atomic E-state index is -2.31. The maximum atomic E-state index is 8.06. The Morgan fingerprint density at radius 3 is 1.15 bits per heavy atom.